The molecule has 2 aliphatic rings. The summed E-state index contributed by atoms with van der Waals surface area (Å²) in [7, 11) is 1.24. The number of rotatable bonds is 9. The standard InChI is InChI=1S/C30H34N2O7/c1-30(2,3)39-25(33)18-17-23(28(35)37-4)31-22(16-15-20-11-7-5-8-12-20)26(27(31)34)32-24(19-38-29(32)36)21-13-9-6-10-14-21/h5-16,22-24,26H,17-19H2,1-4H3/t22?,23?,24-,26?/m1/s1. The maximum absolute atomic E-state index is 13.7. The Labute approximate surface area is 228 Å². The van der Waals surface area contributed by atoms with Gasteiger partial charge in [0.2, 0.25) is 5.91 Å². The molecule has 0 saturated carbocycles. The molecule has 0 bridgehead atoms. The van der Waals surface area contributed by atoms with E-state index < -0.39 is 53.7 Å². The van der Waals surface area contributed by atoms with E-state index in [1.165, 1.54) is 16.9 Å². The number of β-lactam (4-membered cyclic amide) rings is 1. The minimum Gasteiger partial charge on any atom is -0.467 e. The highest BCUT2D eigenvalue weighted by atomic mass is 16.6. The number of amides is 2. The van der Waals surface area contributed by atoms with Crippen molar-refractivity contribution in [2.45, 2.75) is 63.4 Å². The van der Waals surface area contributed by atoms with Crippen molar-refractivity contribution in [3.8, 4) is 0 Å². The average molecular weight is 535 g/mol. The van der Waals surface area contributed by atoms with E-state index in [1.54, 1.807) is 26.8 Å². The number of benzene rings is 2. The van der Waals surface area contributed by atoms with Gasteiger partial charge in [-0.1, -0.05) is 72.8 Å². The molecule has 0 N–H and O–H groups in total. The number of ether oxygens (including phenoxy) is 3. The van der Waals surface area contributed by atoms with Gasteiger partial charge in [0.15, 0.2) is 0 Å². The zero-order valence-electron chi connectivity index (χ0n) is 22.6. The minimum absolute atomic E-state index is 0.0162. The largest absolute Gasteiger partial charge is 0.467 e. The summed E-state index contributed by atoms with van der Waals surface area (Å²) in [4.78, 5) is 54.8. The van der Waals surface area contributed by atoms with Crippen LogP contribution in [0.4, 0.5) is 4.79 Å². The van der Waals surface area contributed by atoms with Crippen LogP contribution in [0.3, 0.4) is 0 Å². The lowest BCUT2D eigenvalue weighted by atomic mass is 9.87. The lowest BCUT2D eigenvalue weighted by Gasteiger charge is -2.52. The van der Waals surface area contributed by atoms with Crippen molar-refractivity contribution in [2.75, 3.05) is 13.7 Å². The number of carbonyl (C=O) groups excluding carboxylic acids is 4. The predicted molar refractivity (Wildman–Crippen MR) is 143 cm³/mol. The number of hydrogen-bond donors (Lipinski definition) is 0. The first-order valence-corrected chi connectivity index (χ1v) is 13.0. The molecule has 39 heavy (non-hydrogen) atoms. The van der Waals surface area contributed by atoms with Crippen molar-refractivity contribution in [2.24, 2.45) is 0 Å². The fourth-order valence-electron chi connectivity index (χ4n) is 4.96. The molecule has 206 valence electrons. The van der Waals surface area contributed by atoms with E-state index >= 15 is 0 Å². The van der Waals surface area contributed by atoms with Crippen molar-refractivity contribution >= 4 is 30.0 Å². The van der Waals surface area contributed by atoms with E-state index in [0.717, 1.165) is 11.1 Å². The topological polar surface area (TPSA) is 102 Å². The van der Waals surface area contributed by atoms with Crippen LogP contribution >= 0.6 is 0 Å². The maximum Gasteiger partial charge on any atom is 0.411 e. The monoisotopic (exact) mass is 534 g/mol. The molecule has 0 spiro atoms. The van der Waals surface area contributed by atoms with Gasteiger partial charge >= 0.3 is 18.0 Å². The Bertz CT molecular complexity index is 1220. The number of cyclic esters (lactones) is 1. The summed E-state index contributed by atoms with van der Waals surface area (Å²) in [6, 6.07) is 15.8. The molecule has 0 radical (unpaired) electrons. The molecule has 2 aliphatic heterocycles. The van der Waals surface area contributed by atoms with Crippen molar-refractivity contribution in [1.29, 1.82) is 0 Å². The quantitative estimate of drug-likeness (QED) is 0.271. The van der Waals surface area contributed by atoms with Gasteiger partial charge < -0.3 is 19.1 Å². The summed E-state index contributed by atoms with van der Waals surface area (Å²) >= 11 is 0. The van der Waals surface area contributed by atoms with Gasteiger partial charge in [0.1, 0.15) is 24.3 Å². The van der Waals surface area contributed by atoms with Crippen LogP contribution in [-0.2, 0) is 28.6 Å². The van der Waals surface area contributed by atoms with E-state index in [9.17, 15) is 19.2 Å². The molecule has 2 saturated heterocycles. The van der Waals surface area contributed by atoms with Crippen molar-refractivity contribution in [1.82, 2.24) is 9.80 Å². The fourth-order valence-corrected chi connectivity index (χ4v) is 4.96. The van der Waals surface area contributed by atoms with Crippen LogP contribution in [0.25, 0.3) is 6.08 Å². The SMILES string of the molecule is COC(=O)C(CCC(=O)OC(C)(C)C)N1C(=O)C(N2C(=O)OC[C@@H]2c2ccccc2)C1C=Cc1ccccc1. The molecular formula is C30H34N2O7. The van der Waals surface area contributed by atoms with Gasteiger partial charge in [-0.2, -0.15) is 0 Å². The van der Waals surface area contributed by atoms with E-state index in [1.807, 2.05) is 66.7 Å². The highest BCUT2D eigenvalue weighted by Gasteiger charge is 2.58. The molecule has 2 heterocycles. The summed E-state index contributed by atoms with van der Waals surface area (Å²) in [6.07, 6.45) is 2.99. The molecule has 2 aromatic carbocycles. The molecular weight excluding hydrogens is 500 g/mol. The average Bonchev–Trinajstić information content (AvgIpc) is 3.28. The number of likely N-dealkylation sites (tertiary alicyclic amines) is 1. The number of nitrogens with zero attached hydrogens (tertiary/aromatic N) is 2. The summed E-state index contributed by atoms with van der Waals surface area (Å²) in [5.41, 5.74) is 1.05. The van der Waals surface area contributed by atoms with Crippen LogP contribution in [0.2, 0.25) is 0 Å². The minimum atomic E-state index is -1.04. The van der Waals surface area contributed by atoms with Gasteiger partial charge in [-0.05, 0) is 38.3 Å². The summed E-state index contributed by atoms with van der Waals surface area (Å²) in [5.74, 6) is -1.55. The molecule has 4 atom stereocenters. The second kappa shape index (κ2) is 11.7. The summed E-state index contributed by atoms with van der Waals surface area (Å²) in [5, 5.41) is 0. The number of hydrogen-bond acceptors (Lipinski definition) is 7. The number of esters is 2. The van der Waals surface area contributed by atoms with E-state index in [2.05, 4.69) is 0 Å². The second-order valence-electron chi connectivity index (χ2n) is 10.5. The van der Waals surface area contributed by atoms with Gasteiger partial charge in [0.05, 0.1) is 19.2 Å². The third-order valence-electron chi connectivity index (χ3n) is 6.68. The smallest absolute Gasteiger partial charge is 0.411 e. The first kappa shape index (κ1) is 27.9. The van der Waals surface area contributed by atoms with Crippen LogP contribution in [0.1, 0.15) is 50.8 Å². The third-order valence-corrected chi connectivity index (χ3v) is 6.68. The van der Waals surface area contributed by atoms with Crippen LogP contribution in [0.5, 0.6) is 0 Å². The van der Waals surface area contributed by atoms with Crippen LogP contribution in [-0.4, -0.2) is 71.2 Å². The first-order valence-electron chi connectivity index (χ1n) is 13.0. The molecule has 0 aliphatic carbocycles. The fraction of sp³-hybridized carbons (Fsp3) is 0.400. The predicted octanol–water partition coefficient (Wildman–Crippen LogP) is 4.14. The molecule has 9 nitrogen and oxygen atoms in total. The Balaban J connectivity index is 1.65. The third kappa shape index (κ3) is 6.30. The molecule has 0 aromatic heterocycles. The highest BCUT2D eigenvalue weighted by Crippen LogP contribution is 2.39. The van der Waals surface area contributed by atoms with Crippen molar-refractivity contribution < 1.29 is 33.4 Å². The van der Waals surface area contributed by atoms with Crippen molar-refractivity contribution in [3.05, 3.63) is 77.9 Å². The van der Waals surface area contributed by atoms with Crippen LogP contribution in [0.15, 0.2) is 66.7 Å². The number of methoxy groups -OCH3 is 1. The van der Waals surface area contributed by atoms with Crippen molar-refractivity contribution in [3.63, 3.8) is 0 Å². The van der Waals surface area contributed by atoms with E-state index in [0.29, 0.717) is 0 Å². The second-order valence-corrected chi connectivity index (χ2v) is 10.5. The summed E-state index contributed by atoms with van der Waals surface area (Å²) in [6.45, 7) is 5.39. The van der Waals surface area contributed by atoms with Crippen LogP contribution in [0, 0.1) is 0 Å². The van der Waals surface area contributed by atoms with E-state index in [4.69, 9.17) is 14.2 Å². The zero-order chi connectivity index (χ0) is 28.2. The van der Waals surface area contributed by atoms with E-state index in [-0.39, 0.29) is 19.4 Å². The summed E-state index contributed by atoms with van der Waals surface area (Å²) < 4.78 is 15.8. The molecule has 2 aromatic rings. The Kier molecular flexibility index (Phi) is 8.38. The molecule has 2 amide bonds. The Morgan fingerprint density at radius 1 is 1.05 bits per heavy atom. The lowest BCUT2D eigenvalue weighted by molar-refractivity contribution is -0.171. The normalized spacial score (nSPS) is 21.9. The van der Waals surface area contributed by atoms with Gasteiger partial charge in [-0.3, -0.25) is 14.5 Å². The van der Waals surface area contributed by atoms with Gasteiger partial charge in [-0.25, -0.2) is 9.59 Å². The molecule has 3 unspecified atom stereocenters. The molecule has 4 rings (SSSR count). The maximum atomic E-state index is 13.7. The van der Waals surface area contributed by atoms with Gasteiger partial charge in [-0.15, -0.1) is 0 Å². The Morgan fingerprint density at radius 2 is 1.69 bits per heavy atom. The molecule has 9 heteroatoms. The van der Waals surface area contributed by atoms with Crippen LogP contribution < -0.4 is 0 Å². The Hall–Kier alpha value is -4.14. The zero-order valence-corrected chi connectivity index (χ0v) is 22.6. The Morgan fingerprint density at radius 3 is 2.31 bits per heavy atom. The lowest BCUT2D eigenvalue weighted by Crippen LogP contribution is -2.73. The van der Waals surface area contributed by atoms with Gasteiger partial charge in [0.25, 0.3) is 0 Å². The first-order chi connectivity index (χ1) is 18.6. The molecule has 2 fully saturated rings. The van der Waals surface area contributed by atoms with Gasteiger partial charge in [0, 0.05) is 6.42 Å². The highest BCUT2D eigenvalue weighted by molar-refractivity contribution is 5.97. The number of carbonyl (C=O) groups is 4.